The van der Waals surface area contributed by atoms with Crippen molar-refractivity contribution < 1.29 is 0 Å². The normalized spacial score (nSPS) is 35.5. The van der Waals surface area contributed by atoms with Crippen molar-refractivity contribution in [3.8, 4) is 0 Å². The van der Waals surface area contributed by atoms with Crippen LogP contribution in [-0.2, 0) is 0 Å². The lowest BCUT2D eigenvalue weighted by molar-refractivity contribution is 0.0531. The van der Waals surface area contributed by atoms with Gasteiger partial charge in [-0.2, -0.15) is 0 Å². The molecule has 0 bridgehead atoms. The molecule has 2 atom stereocenters. The van der Waals surface area contributed by atoms with E-state index in [1.165, 1.54) is 58.2 Å². The van der Waals surface area contributed by atoms with Gasteiger partial charge in [0.2, 0.25) is 0 Å². The van der Waals surface area contributed by atoms with Crippen molar-refractivity contribution in [3.63, 3.8) is 0 Å². The highest BCUT2D eigenvalue weighted by Gasteiger charge is 2.36. The zero-order chi connectivity index (χ0) is 12.3. The standard InChI is InChI=1S/C15H30N2/c1-4-13-8-11-17(12-10-16-13)14-7-5-6-9-15(14,2)3/h13-14,16H,4-12H2,1-3H3. The second-order valence-corrected chi connectivity index (χ2v) is 6.63. The SMILES string of the molecule is CCC1CCN(C2CCCCC2(C)C)CCN1. The summed E-state index contributed by atoms with van der Waals surface area (Å²) in [6.07, 6.45) is 8.33. The molecule has 0 spiro atoms. The number of nitrogens with one attached hydrogen (secondary N) is 1. The van der Waals surface area contributed by atoms with Gasteiger partial charge in [-0.3, -0.25) is 4.90 Å². The van der Waals surface area contributed by atoms with Gasteiger partial charge in [0.1, 0.15) is 0 Å². The minimum absolute atomic E-state index is 0.532. The molecule has 1 N–H and O–H groups in total. The minimum Gasteiger partial charge on any atom is -0.313 e. The smallest absolute Gasteiger partial charge is 0.0147 e. The first-order chi connectivity index (χ1) is 8.13. The molecule has 0 amide bonds. The fourth-order valence-corrected chi connectivity index (χ4v) is 3.76. The summed E-state index contributed by atoms with van der Waals surface area (Å²) >= 11 is 0. The van der Waals surface area contributed by atoms with Crippen molar-refractivity contribution in [3.05, 3.63) is 0 Å². The van der Waals surface area contributed by atoms with Gasteiger partial charge < -0.3 is 5.32 Å². The third-order valence-electron chi connectivity index (χ3n) is 4.98. The topological polar surface area (TPSA) is 15.3 Å². The Balaban J connectivity index is 1.96. The van der Waals surface area contributed by atoms with Gasteiger partial charge in [-0.05, 0) is 37.6 Å². The minimum atomic E-state index is 0.532. The summed E-state index contributed by atoms with van der Waals surface area (Å²) in [7, 11) is 0. The average molecular weight is 238 g/mol. The van der Waals surface area contributed by atoms with Gasteiger partial charge in [0.25, 0.3) is 0 Å². The molecular weight excluding hydrogens is 208 g/mol. The fraction of sp³-hybridized carbons (Fsp3) is 1.00. The van der Waals surface area contributed by atoms with E-state index < -0.39 is 0 Å². The molecule has 0 aromatic carbocycles. The van der Waals surface area contributed by atoms with Crippen LogP contribution in [0.5, 0.6) is 0 Å². The van der Waals surface area contributed by atoms with Crippen LogP contribution in [0.2, 0.25) is 0 Å². The van der Waals surface area contributed by atoms with Gasteiger partial charge in [0.05, 0.1) is 0 Å². The van der Waals surface area contributed by atoms with Crippen molar-refractivity contribution in [1.82, 2.24) is 10.2 Å². The molecule has 2 aliphatic rings. The molecule has 100 valence electrons. The largest absolute Gasteiger partial charge is 0.313 e. The van der Waals surface area contributed by atoms with Crippen molar-refractivity contribution in [2.75, 3.05) is 19.6 Å². The van der Waals surface area contributed by atoms with Gasteiger partial charge >= 0.3 is 0 Å². The molecule has 2 unspecified atom stereocenters. The fourth-order valence-electron chi connectivity index (χ4n) is 3.76. The molecule has 1 heterocycles. The first-order valence-electron chi connectivity index (χ1n) is 7.61. The molecule has 0 aromatic heterocycles. The zero-order valence-corrected chi connectivity index (χ0v) is 12.0. The molecule has 2 heteroatoms. The summed E-state index contributed by atoms with van der Waals surface area (Å²) in [5.74, 6) is 0. The molecule has 2 fully saturated rings. The number of nitrogens with zero attached hydrogens (tertiary/aromatic N) is 1. The van der Waals surface area contributed by atoms with Crippen LogP contribution in [0.3, 0.4) is 0 Å². The van der Waals surface area contributed by atoms with E-state index in [0.717, 1.165) is 12.1 Å². The summed E-state index contributed by atoms with van der Waals surface area (Å²) < 4.78 is 0. The first-order valence-corrected chi connectivity index (χ1v) is 7.61. The second-order valence-electron chi connectivity index (χ2n) is 6.63. The molecule has 1 aliphatic heterocycles. The number of rotatable bonds is 2. The van der Waals surface area contributed by atoms with Crippen LogP contribution in [0.15, 0.2) is 0 Å². The molecule has 17 heavy (non-hydrogen) atoms. The van der Waals surface area contributed by atoms with Gasteiger partial charge in [0.15, 0.2) is 0 Å². The molecular formula is C15H30N2. The summed E-state index contributed by atoms with van der Waals surface area (Å²) in [6, 6.07) is 1.58. The van der Waals surface area contributed by atoms with E-state index in [1.807, 2.05) is 0 Å². The maximum absolute atomic E-state index is 3.69. The Bertz CT molecular complexity index is 237. The second kappa shape index (κ2) is 5.71. The van der Waals surface area contributed by atoms with Crippen LogP contribution in [0.1, 0.15) is 59.3 Å². The number of hydrogen-bond acceptors (Lipinski definition) is 2. The van der Waals surface area contributed by atoms with E-state index in [9.17, 15) is 0 Å². The van der Waals surface area contributed by atoms with E-state index in [2.05, 4.69) is 31.0 Å². The Morgan fingerprint density at radius 2 is 2.00 bits per heavy atom. The van der Waals surface area contributed by atoms with E-state index in [0.29, 0.717) is 5.41 Å². The van der Waals surface area contributed by atoms with Crippen LogP contribution in [0, 0.1) is 5.41 Å². The van der Waals surface area contributed by atoms with Crippen LogP contribution < -0.4 is 5.32 Å². The monoisotopic (exact) mass is 238 g/mol. The summed E-state index contributed by atoms with van der Waals surface area (Å²) in [4.78, 5) is 2.78. The van der Waals surface area contributed by atoms with Crippen molar-refractivity contribution in [1.29, 1.82) is 0 Å². The highest BCUT2D eigenvalue weighted by molar-refractivity contribution is 4.91. The third kappa shape index (κ3) is 3.23. The molecule has 0 aromatic rings. The van der Waals surface area contributed by atoms with Gasteiger partial charge in [-0.1, -0.05) is 33.6 Å². The van der Waals surface area contributed by atoms with Crippen LogP contribution in [0.25, 0.3) is 0 Å². The van der Waals surface area contributed by atoms with Gasteiger partial charge in [0, 0.05) is 25.2 Å². The van der Waals surface area contributed by atoms with E-state index in [4.69, 9.17) is 0 Å². The molecule has 1 saturated heterocycles. The highest BCUT2D eigenvalue weighted by Crippen LogP contribution is 2.38. The lowest BCUT2D eigenvalue weighted by Gasteiger charge is -2.45. The van der Waals surface area contributed by atoms with Crippen LogP contribution >= 0.6 is 0 Å². The summed E-state index contributed by atoms with van der Waals surface area (Å²) in [5.41, 5.74) is 0.532. The Hall–Kier alpha value is -0.0800. The molecule has 1 aliphatic carbocycles. The van der Waals surface area contributed by atoms with Crippen molar-refractivity contribution in [2.45, 2.75) is 71.4 Å². The van der Waals surface area contributed by atoms with E-state index in [-0.39, 0.29) is 0 Å². The predicted octanol–water partition coefficient (Wildman–Crippen LogP) is 3.03. The van der Waals surface area contributed by atoms with E-state index in [1.54, 1.807) is 0 Å². The Kier molecular flexibility index (Phi) is 4.48. The van der Waals surface area contributed by atoms with E-state index >= 15 is 0 Å². The quantitative estimate of drug-likeness (QED) is 0.795. The average Bonchev–Trinajstić information content (AvgIpc) is 2.53. The maximum atomic E-state index is 3.69. The van der Waals surface area contributed by atoms with Gasteiger partial charge in [-0.25, -0.2) is 0 Å². The molecule has 2 rings (SSSR count). The molecule has 1 saturated carbocycles. The summed E-state index contributed by atoms with van der Waals surface area (Å²) in [6.45, 7) is 11.0. The maximum Gasteiger partial charge on any atom is 0.0147 e. The summed E-state index contributed by atoms with van der Waals surface area (Å²) in [5, 5.41) is 3.69. The Morgan fingerprint density at radius 3 is 2.71 bits per heavy atom. The highest BCUT2D eigenvalue weighted by atomic mass is 15.2. The zero-order valence-electron chi connectivity index (χ0n) is 12.0. The van der Waals surface area contributed by atoms with Gasteiger partial charge in [-0.15, -0.1) is 0 Å². The van der Waals surface area contributed by atoms with Crippen LogP contribution in [0.4, 0.5) is 0 Å². The molecule has 0 radical (unpaired) electrons. The lowest BCUT2D eigenvalue weighted by atomic mass is 9.72. The number of hydrogen-bond donors (Lipinski definition) is 1. The Morgan fingerprint density at radius 1 is 1.18 bits per heavy atom. The molecule has 2 nitrogen and oxygen atoms in total. The Labute approximate surface area is 107 Å². The van der Waals surface area contributed by atoms with Crippen LogP contribution in [-0.4, -0.2) is 36.6 Å². The predicted molar refractivity (Wildman–Crippen MR) is 74.3 cm³/mol. The third-order valence-corrected chi connectivity index (χ3v) is 4.98. The van der Waals surface area contributed by atoms with Crippen molar-refractivity contribution >= 4 is 0 Å². The lowest BCUT2D eigenvalue weighted by Crippen LogP contribution is -2.48. The first kappa shape index (κ1) is 13.4. The van der Waals surface area contributed by atoms with Crippen molar-refractivity contribution in [2.24, 2.45) is 5.41 Å².